The first-order valence-corrected chi connectivity index (χ1v) is 3.14. The average molecular weight is 153 g/mol. The molecule has 0 spiro atoms. The fourth-order valence-corrected chi connectivity index (χ4v) is 0.810. The molecular formula is C7H7NO3. The van der Waals surface area contributed by atoms with E-state index in [0.717, 1.165) is 17.1 Å². The number of imide groups is 1. The van der Waals surface area contributed by atoms with E-state index in [-0.39, 0.29) is 12.3 Å². The lowest BCUT2D eigenvalue weighted by Gasteiger charge is -2.09. The second-order valence-corrected chi connectivity index (χ2v) is 2.30. The van der Waals surface area contributed by atoms with Crippen LogP contribution in [0.1, 0.15) is 6.92 Å². The minimum absolute atomic E-state index is 0.120. The quantitative estimate of drug-likeness (QED) is 0.502. The lowest BCUT2D eigenvalue weighted by atomic mass is 10.4. The SMILES string of the molecule is CC(=O)CN1C(=O)C=CC1=O. The molecule has 0 N–H and O–H groups in total. The molecule has 0 fully saturated rings. The number of Topliss-reactive ketones (excluding diaryl/α,β-unsaturated/α-hetero) is 1. The molecule has 0 aliphatic carbocycles. The molecule has 0 atom stereocenters. The first-order valence-electron chi connectivity index (χ1n) is 3.14. The fourth-order valence-electron chi connectivity index (χ4n) is 0.810. The standard InChI is InChI=1S/C7H7NO3/c1-5(9)4-8-6(10)2-3-7(8)11/h2-3H,4H2,1H3. The van der Waals surface area contributed by atoms with Crippen LogP contribution < -0.4 is 0 Å². The van der Waals surface area contributed by atoms with Gasteiger partial charge in [-0.15, -0.1) is 0 Å². The maximum atomic E-state index is 10.8. The van der Waals surface area contributed by atoms with Crippen LogP contribution >= 0.6 is 0 Å². The van der Waals surface area contributed by atoms with Crippen molar-refractivity contribution in [3.05, 3.63) is 12.2 Å². The number of carbonyl (C=O) groups excluding carboxylic acids is 3. The van der Waals surface area contributed by atoms with E-state index in [1.165, 1.54) is 6.92 Å². The van der Waals surface area contributed by atoms with Crippen molar-refractivity contribution in [2.24, 2.45) is 0 Å². The summed E-state index contributed by atoms with van der Waals surface area (Å²) in [5, 5.41) is 0. The molecule has 0 aromatic rings. The number of hydrogen-bond donors (Lipinski definition) is 0. The van der Waals surface area contributed by atoms with Gasteiger partial charge in [-0.25, -0.2) is 0 Å². The second kappa shape index (κ2) is 2.65. The van der Waals surface area contributed by atoms with E-state index < -0.39 is 11.8 Å². The van der Waals surface area contributed by atoms with E-state index in [1.807, 2.05) is 0 Å². The number of hydrogen-bond acceptors (Lipinski definition) is 3. The molecule has 0 aromatic carbocycles. The van der Waals surface area contributed by atoms with Crippen molar-refractivity contribution in [1.82, 2.24) is 4.90 Å². The molecule has 1 aliphatic rings. The molecule has 0 radical (unpaired) electrons. The highest BCUT2D eigenvalue weighted by molar-refractivity contribution is 6.14. The van der Waals surface area contributed by atoms with Gasteiger partial charge in [0, 0.05) is 12.2 Å². The molecule has 0 bridgehead atoms. The van der Waals surface area contributed by atoms with Crippen LogP contribution in [0, 0.1) is 0 Å². The van der Waals surface area contributed by atoms with Gasteiger partial charge >= 0.3 is 0 Å². The Morgan fingerprint density at radius 3 is 2.18 bits per heavy atom. The summed E-state index contributed by atoms with van der Waals surface area (Å²) in [7, 11) is 0. The van der Waals surface area contributed by atoms with E-state index >= 15 is 0 Å². The summed E-state index contributed by atoms with van der Waals surface area (Å²) >= 11 is 0. The van der Waals surface area contributed by atoms with Crippen LogP contribution in [-0.4, -0.2) is 29.0 Å². The Morgan fingerprint density at radius 1 is 1.36 bits per heavy atom. The Morgan fingerprint density at radius 2 is 1.82 bits per heavy atom. The van der Waals surface area contributed by atoms with Crippen molar-refractivity contribution in [3.63, 3.8) is 0 Å². The zero-order chi connectivity index (χ0) is 8.43. The molecule has 0 unspecified atom stereocenters. The Labute approximate surface area is 63.5 Å². The van der Waals surface area contributed by atoms with Gasteiger partial charge in [0.05, 0.1) is 6.54 Å². The van der Waals surface area contributed by atoms with E-state index in [4.69, 9.17) is 0 Å². The van der Waals surface area contributed by atoms with Crippen LogP contribution in [0.15, 0.2) is 12.2 Å². The van der Waals surface area contributed by atoms with Crippen molar-refractivity contribution in [2.45, 2.75) is 6.92 Å². The summed E-state index contributed by atoms with van der Waals surface area (Å²) in [4.78, 5) is 33.0. The second-order valence-electron chi connectivity index (χ2n) is 2.30. The van der Waals surface area contributed by atoms with Crippen molar-refractivity contribution in [1.29, 1.82) is 0 Å². The molecule has 1 rings (SSSR count). The predicted octanol–water partition coefficient (Wildman–Crippen LogP) is -0.500. The van der Waals surface area contributed by atoms with Gasteiger partial charge in [-0.05, 0) is 6.92 Å². The minimum Gasteiger partial charge on any atom is -0.298 e. The number of amides is 2. The Balaban J connectivity index is 2.66. The first-order chi connectivity index (χ1) is 5.11. The smallest absolute Gasteiger partial charge is 0.254 e. The highest BCUT2D eigenvalue weighted by Gasteiger charge is 2.23. The molecule has 11 heavy (non-hydrogen) atoms. The van der Waals surface area contributed by atoms with E-state index in [9.17, 15) is 14.4 Å². The number of nitrogens with zero attached hydrogens (tertiary/aromatic N) is 1. The van der Waals surface area contributed by atoms with E-state index in [1.54, 1.807) is 0 Å². The average Bonchev–Trinajstić information content (AvgIpc) is 2.18. The summed E-state index contributed by atoms with van der Waals surface area (Å²) in [6.07, 6.45) is 2.32. The van der Waals surface area contributed by atoms with Crippen molar-refractivity contribution < 1.29 is 14.4 Å². The molecular weight excluding hydrogens is 146 g/mol. The Kier molecular flexibility index (Phi) is 1.85. The zero-order valence-electron chi connectivity index (χ0n) is 6.03. The molecule has 4 heteroatoms. The van der Waals surface area contributed by atoms with Gasteiger partial charge in [0.2, 0.25) is 0 Å². The normalized spacial score (nSPS) is 16.3. The van der Waals surface area contributed by atoms with Gasteiger partial charge in [-0.2, -0.15) is 0 Å². The summed E-state index contributed by atoms with van der Waals surface area (Å²) in [6.45, 7) is 1.21. The summed E-state index contributed by atoms with van der Waals surface area (Å²) in [5.74, 6) is -1.02. The third-order valence-electron chi connectivity index (χ3n) is 1.28. The number of carbonyl (C=O) groups is 3. The van der Waals surface area contributed by atoms with Crippen LogP contribution in [0.3, 0.4) is 0 Å². The first kappa shape index (κ1) is 7.65. The maximum absolute atomic E-state index is 10.8. The summed E-state index contributed by atoms with van der Waals surface area (Å²) < 4.78 is 0. The van der Waals surface area contributed by atoms with E-state index in [0.29, 0.717) is 0 Å². The topological polar surface area (TPSA) is 54.5 Å². The molecule has 0 aromatic heterocycles. The lowest BCUT2D eigenvalue weighted by Crippen LogP contribution is -2.34. The minimum atomic E-state index is -0.412. The highest BCUT2D eigenvalue weighted by Crippen LogP contribution is 2.02. The van der Waals surface area contributed by atoms with Gasteiger partial charge in [-0.3, -0.25) is 19.3 Å². The summed E-state index contributed by atoms with van der Waals surface area (Å²) in [6, 6.07) is 0. The zero-order valence-corrected chi connectivity index (χ0v) is 6.03. The van der Waals surface area contributed by atoms with Gasteiger partial charge in [-0.1, -0.05) is 0 Å². The van der Waals surface area contributed by atoms with E-state index in [2.05, 4.69) is 0 Å². The molecule has 0 saturated carbocycles. The molecule has 2 amide bonds. The molecule has 58 valence electrons. The predicted molar refractivity (Wildman–Crippen MR) is 36.5 cm³/mol. The lowest BCUT2D eigenvalue weighted by molar-refractivity contribution is -0.140. The van der Waals surface area contributed by atoms with Crippen LogP contribution in [0.4, 0.5) is 0 Å². The summed E-state index contributed by atoms with van der Waals surface area (Å²) in [5.41, 5.74) is 0. The van der Waals surface area contributed by atoms with Crippen LogP contribution in [-0.2, 0) is 14.4 Å². The van der Waals surface area contributed by atoms with Gasteiger partial charge < -0.3 is 0 Å². The molecule has 1 heterocycles. The molecule has 1 aliphatic heterocycles. The van der Waals surface area contributed by atoms with Gasteiger partial charge in [0.1, 0.15) is 5.78 Å². The van der Waals surface area contributed by atoms with Crippen molar-refractivity contribution >= 4 is 17.6 Å². The van der Waals surface area contributed by atoms with Crippen LogP contribution in [0.2, 0.25) is 0 Å². The largest absolute Gasteiger partial charge is 0.298 e. The van der Waals surface area contributed by atoms with Crippen LogP contribution in [0.25, 0.3) is 0 Å². The molecule has 4 nitrogen and oxygen atoms in total. The highest BCUT2D eigenvalue weighted by atomic mass is 16.2. The number of rotatable bonds is 2. The van der Waals surface area contributed by atoms with Gasteiger partial charge in [0.25, 0.3) is 11.8 Å². The number of ketones is 1. The third-order valence-corrected chi connectivity index (χ3v) is 1.28. The third kappa shape index (κ3) is 1.52. The Bertz CT molecular complexity index is 236. The maximum Gasteiger partial charge on any atom is 0.254 e. The molecule has 0 saturated heterocycles. The van der Waals surface area contributed by atoms with Crippen molar-refractivity contribution in [3.8, 4) is 0 Å². The van der Waals surface area contributed by atoms with Crippen molar-refractivity contribution in [2.75, 3.05) is 6.54 Å². The Hall–Kier alpha value is -1.45. The fraction of sp³-hybridized carbons (Fsp3) is 0.286. The van der Waals surface area contributed by atoms with Crippen LogP contribution in [0.5, 0.6) is 0 Å². The van der Waals surface area contributed by atoms with Gasteiger partial charge in [0.15, 0.2) is 0 Å². The monoisotopic (exact) mass is 153 g/mol.